The van der Waals surface area contributed by atoms with Gasteiger partial charge in [-0.1, -0.05) is 48.0 Å². The van der Waals surface area contributed by atoms with Gasteiger partial charge in [-0.25, -0.2) is 0 Å². The van der Waals surface area contributed by atoms with E-state index in [1.807, 2.05) is 42.5 Å². The first kappa shape index (κ1) is 19.1. The molecule has 3 aromatic rings. The molecule has 0 heterocycles. The van der Waals surface area contributed by atoms with E-state index in [2.05, 4.69) is 9.50 Å². The summed E-state index contributed by atoms with van der Waals surface area (Å²) < 4.78 is 28.5. The SMILES string of the molecule is COS(=O)(=O)c1ccc(Cl)cc1NC(=O)C=Cc1ccc2ccccc2c1. The molecule has 1 amide bonds. The van der Waals surface area contributed by atoms with Gasteiger partial charge in [0.05, 0.1) is 12.8 Å². The molecule has 3 aromatic carbocycles. The second-order valence-electron chi connectivity index (χ2n) is 5.69. The molecule has 0 saturated carbocycles. The van der Waals surface area contributed by atoms with E-state index < -0.39 is 16.0 Å². The Balaban J connectivity index is 1.83. The van der Waals surface area contributed by atoms with Crippen LogP contribution in [0, 0.1) is 0 Å². The Morgan fingerprint density at radius 3 is 2.52 bits per heavy atom. The molecule has 27 heavy (non-hydrogen) atoms. The topological polar surface area (TPSA) is 72.5 Å². The summed E-state index contributed by atoms with van der Waals surface area (Å²) in [5.41, 5.74) is 0.900. The highest BCUT2D eigenvalue weighted by Crippen LogP contribution is 2.26. The number of nitrogens with one attached hydrogen (secondary N) is 1. The number of benzene rings is 3. The van der Waals surface area contributed by atoms with Crippen LogP contribution < -0.4 is 5.32 Å². The molecule has 0 aliphatic heterocycles. The lowest BCUT2D eigenvalue weighted by Crippen LogP contribution is -2.13. The van der Waals surface area contributed by atoms with Crippen LogP contribution in [0.25, 0.3) is 16.8 Å². The van der Waals surface area contributed by atoms with Crippen LogP contribution in [-0.4, -0.2) is 21.4 Å². The van der Waals surface area contributed by atoms with Gasteiger partial charge in [-0.2, -0.15) is 8.42 Å². The quantitative estimate of drug-likeness (QED) is 0.505. The number of carbonyl (C=O) groups excluding carboxylic acids is 1. The van der Waals surface area contributed by atoms with Crippen molar-refractivity contribution in [3.63, 3.8) is 0 Å². The molecule has 0 spiro atoms. The Morgan fingerprint density at radius 1 is 1.04 bits per heavy atom. The van der Waals surface area contributed by atoms with Crippen molar-refractivity contribution in [1.29, 1.82) is 0 Å². The number of hydrogen-bond acceptors (Lipinski definition) is 4. The van der Waals surface area contributed by atoms with E-state index in [-0.39, 0.29) is 10.6 Å². The van der Waals surface area contributed by atoms with Crippen molar-refractivity contribution in [3.05, 3.63) is 77.3 Å². The molecule has 0 saturated heterocycles. The molecule has 0 radical (unpaired) electrons. The van der Waals surface area contributed by atoms with Crippen molar-refractivity contribution >= 4 is 50.2 Å². The summed E-state index contributed by atoms with van der Waals surface area (Å²) in [5, 5.41) is 4.98. The van der Waals surface area contributed by atoms with E-state index in [1.54, 1.807) is 6.08 Å². The summed E-state index contributed by atoms with van der Waals surface area (Å²) in [5.74, 6) is -0.488. The van der Waals surface area contributed by atoms with Gasteiger partial charge in [0.25, 0.3) is 10.1 Å². The van der Waals surface area contributed by atoms with Crippen molar-refractivity contribution in [2.45, 2.75) is 4.90 Å². The van der Waals surface area contributed by atoms with Gasteiger partial charge in [-0.3, -0.25) is 8.98 Å². The molecule has 138 valence electrons. The minimum atomic E-state index is -3.98. The molecule has 0 aromatic heterocycles. The zero-order valence-corrected chi connectivity index (χ0v) is 15.9. The molecule has 0 unspecified atom stereocenters. The number of anilines is 1. The van der Waals surface area contributed by atoms with Crippen molar-refractivity contribution in [1.82, 2.24) is 0 Å². The van der Waals surface area contributed by atoms with E-state index in [9.17, 15) is 13.2 Å². The van der Waals surface area contributed by atoms with E-state index in [4.69, 9.17) is 11.6 Å². The highest BCUT2D eigenvalue weighted by Gasteiger charge is 2.19. The smallest absolute Gasteiger partial charge is 0.298 e. The highest BCUT2D eigenvalue weighted by molar-refractivity contribution is 7.87. The Labute approximate surface area is 162 Å². The molecular formula is C20H16ClNO4S. The van der Waals surface area contributed by atoms with E-state index in [0.717, 1.165) is 23.4 Å². The standard InChI is InChI=1S/C20H16ClNO4S/c1-26-27(24,25)19-10-9-17(21)13-18(19)22-20(23)11-7-14-6-8-15-4-2-3-5-16(15)12-14/h2-13H,1H3,(H,22,23). The molecule has 3 rings (SSSR count). The van der Waals surface area contributed by atoms with Gasteiger partial charge in [-0.15, -0.1) is 0 Å². The minimum Gasteiger partial charge on any atom is -0.321 e. The van der Waals surface area contributed by atoms with Crippen LogP contribution in [0.2, 0.25) is 5.02 Å². The maximum atomic E-state index is 12.3. The summed E-state index contributed by atoms with van der Waals surface area (Å²) in [6.07, 6.45) is 2.98. The van der Waals surface area contributed by atoms with Crippen LogP contribution in [0.3, 0.4) is 0 Å². The minimum absolute atomic E-state index is 0.0533. The lowest BCUT2D eigenvalue weighted by molar-refractivity contribution is -0.111. The van der Waals surface area contributed by atoms with Crippen LogP contribution in [-0.2, 0) is 19.1 Å². The van der Waals surface area contributed by atoms with Crippen LogP contribution in [0.15, 0.2) is 71.6 Å². The largest absolute Gasteiger partial charge is 0.321 e. The number of hydrogen-bond donors (Lipinski definition) is 1. The van der Waals surface area contributed by atoms with Crippen LogP contribution in [0.5, 0.6) is 0 Å². The monoisotopic (exact) mass is 401 g/mol. The third-order valence-corrected chi connectivity index (χ3v) is 5.46. The van der Waals surface area contributed by atoms with Crippen molar-refractivity contribution in [3.8, 4) is 0 Å². The summed E-state index contributed by atoms with van der Waals surface area (Å²) >= 11 is 5.92. The first-order chi connectivity index (χ1) is 12.9. The fraction of sp³-hybridized carbons (Fsp3) is 0.0500. The lowest BCUT2D eigenvalue weighted by Gasteiger charge is -2.10. The molecule has 0 aliphatic rings. The second kappa shape index (κ2) is 7.92. The van der Waals surface area contributed by atoms with Crippen molar-refractivity contribution < 1.29 is 17.4 Å². The first-order valence-corrected chi connectivity index (χ1v) is 9.76. The summed E-state index contributed by atoms with van der Waals surface area (Å²) in [7, 11) is -2.93. The number of fused-ring (bicyclic) bond motifs is 1. The third kappa shape index (κ3) is 4.54. The van der Waals surface area contributed by atoms with Crippen LogP contribution in [0.4, 0.5) is 5.69 Å². The Hall–Kier alpha value is -2.67. The molecule has 7 heteroatoms. The summed E-state index contributed by atoms with van der Waals surface area (Å²) in [4.78, 5) is 12.1. The van der Waals surface area contributed by atoms with Gasteiger partial charge in [0, 0.05) is 11.1 Å². The van der Waals surface area contributed by atoms with Gasteiger partial charge >= 0.3 is 0 Å². The van der Waals surface area contributed by atoms with Crippen molar-refractivity contribution in [2.24, 2.45) is 0 Å². The number of carbonyl (C=O) groups is 1. The van der Waals surface area contributed by atoms with Crippen molar-refractivity contribution in [2.75, 3.05) is 12.4 Å². The molecular weight excluding hydrogens is 386 g/mol. The Morgan fingerprint density at radius 2 is 1.78 bits per heavy atom. The molecule has 0 fully saturated rings. The predicted molar refractivity (Wildman–Crippen MR) is 107 cm³/mol. The van der Waals surface area contributed by atoms with E-state index in [1.165, 1.54) is 24.3 Å². The van der Waals surface area contributed by atoms with Gasteiger partial charge in [0.15, 0.2) is 0 Å². The molecule has 0 bridgehead atoms. The molecule has 0 atom stereocenters. The third-order valence-electron chi connectivity index (χ3n) is 3.89. The lowest BCUT2D eigenvalue weighted by atomic mass is 10.1. The van der Waals surface area contributed by atoms with Gasteiger partial charge in [-0.05, 0) is 46.7 Å². The first-order valence-electron chi connectivity index (χ1n) is 7.97. The molecule has 0 aliphatic carbocycles. The zero-order chi connectivity index (χ0) is 19.4. The fourth-order valence-corrected chi connectivity index (χ4v) is 3.53. The molecule has 5 nitrogen and oxygen atoms in total. The average molecular weight is 402 g/mol. The Kier molecular flexibility index (Phi) is 5.60. The summed E-state index contributed by atoms with van der Waals surface area (Å²) in [6, 6.07) is 17.8. The van der Waals surface area contributed by atoms with Crippen LogP contribution >= 0.6 is 11.6 Å². The summed E-state index contributed by atoms with van der Waals surface area (Å²) in [6.45, 7) is 0. The van der Waals surface area contributed by atoms with Gasteiger partial charge < -0.3 is 5.32 Å². The zero-order valence-electron chi connectivity index (χ0n) is 14.3. The van der Waals surface area contributed by atoms with E-state index in [0.29, 0.717) is 5.02 Å². The number of rotatable bonds is 5. The highest BCUT2D eigenvalue weighted by atomic mass is 35.5. The van der Waals surface area contributed by atoms with Gasteiger partial charge in [0.1, 0.15) is 4.90 Å². The van der Waals surface area contributed by atoms with Crippen LogP contribution in [0.1, 0.15) is 5.56 Å². The Bertz CT molecular complexity index is 1140. The normalized spacial score (nSPS) is 11.8. The van der Waals surface area contributed by atoms with Gasteiger partial charge in [0.2, 0.25) is 5.91 Å². The molecule has 1 N–H and O–H groups in total. The number of amides is 1. The maximum Gasteiger partial charge on any atom is 0.298 e. The maximum absolute atomic E-state index is 12.3. The number of halogens is 1. The average Bonchev–Trinajstić information content (AvgIpc) is 2.66. The predicted octanol–water partition coefficient (Wildman–Crippen LogP) is 4.48. The fourth-order valence-electron chi connectivity index (χ4n) is 2.57. The second-order valence-corrected chi connectivity index (χ2v) is 7.81. The van der Waals surface area contributed by atoms with E-state index >= 15 is 0 Å².